The van der Waals surface area contributed by atoms with Crippen LogP contribution in [-0.2, 0) is 0 Å². The van der Waals surface area contributed by atoms with Gasteiger partial charge < -0.3 is 4.74 Å². The summed E-state index contributed by atoms with van der Waals surface area (Å²) >= 11 is 5.80. The summed E-state index contributed by atoms with van der Waals surface area (Å²) in [5, 5.41) is 0.293. The van der Waals surface area contributed by atoms with E-state index in [0.717, 1.165) is 11.0 Å². The minimum absolute atomic E-state index is 0.293. The van der Waals surface area contributed by atoms with Gasteiger partial charge in [-0.05, 0) is 12.1 Å². The van der Waals surface area contributed by atoms with E-state index < -0.39 is 0 Å². The van der Waals surface area contributed by atoms with Crippen molar-refractivity contribution in [3.63, 3.8) is 0 Å². The number of para-hydroxylation sites is 2. The smallest absolute Gasteiger partial charge is 0.252 e. The predicted molar refractivity (Wildman–Crippen MR) is 51.1 cm³/mol. The molecule has 0 saturated carbocycles. The summed E-state index contributed by atoms with van der Waals surface area (Å²) in [6, 6.07) is 7.50. The second kappa shape index (κ2) is 3.18. The maximum atomic E-state index is 5.80. The molecule has 0 aliphatic heterocycles. The van der Waals surface area contributed by atoms with Crippen LogP contribution in [0.3, 0.4) is 0 Å². The van der Waals surface area contributed by atoms with Crippen LogP contribution in [0.1, 0.15) is 0 Å². The normalized spacial score (nSPS) is 10.3. The summed E-state index contributed by atoms with van der Waals surface area (Å²) in [5.41, 5.74) is 1.55. The number of aromatic nitrogens is 2. The lowest BCUT2D eigenvalue weighted by Crippen LogP contribution is -1.92. The first kappa shape index (κ1) is 8.26. The fourth-order valence-corrected chi connectivity index (χ4v) is 1.30. The zero-order chi connectivity index (χ0) is 9.26. The summed E-state index contributed by atoms with van der Waals surface area (Å²) in [6.45, 7) is 0. The van der Waals surface area contributed by atoms with Gasteiger partial charge in [-0.3, -0.25) is 0 Å². The first-order valence-corrected chi connectivity index (χ1v) is 4.15. The zero-order valence-electron chi connectivity index (χ0n) is 6.99. The third-order valence-electron chi connectivity index (χ3n) is 1.69. The van der Waals surface area contributed by atoms with Crippen LogP contribution in [0, 0.1) is 0 Å². The van der Waals surface area contributed by atoms with Gasteiger partial charge >= 0.3 is 0 Å². The number of hydrogen-bond donors (Lipinski definition) is 0. The largest absolute Gasteiger partial charge is 0.479 e. The summed E-state index contributed by atoms with van der Waals surface area (Å²) in [7, 11) is 1.52. The molecular weight excluding hydrogens is 188 g/mol. The van der Waals surface area contributed by atoms with Gasteiger partial charge in [0.2, 0.25) is 0 Å². The molecule has 0 radical (unpaired) electrons. The molecule has 2 aromatic rings. The summed E-state index contributed by atoms with van der Waals surface area (Å²) in [4.78, 5) is 8.30. The van der Waals surface area contributed by atoms with E-state index in [1.54, 1.807) is 0 Å². The Balaban J connectivity index is 2.74. The second-order valence-electron chi connectivity index (χ2n) is 2.51. The zero-order valence-corrected chi connectivity index (χ0v) is 7.75. The number of rotatable bonds is 1. The Morgan fingerprint density at radius 1 is 1.15 bits per heavy atom. The highest BCUT2D eigenvalue weighted by atomic mass is 35.5. The van der Waals surface area contributed by atoms with Crippen molar-refractivity contribution in [2.75, 3.05) is 7.11 Å². The molecule has 1 aromatic heterocycles. The van der Waals surface area contributed by atoms with Crippen LogP contribution in [0.15, 0.2) is 24.3 Å². The molecule has 0 atom stereocenters. The lowest BCUT2D eigenvalue weighted by atomic mass is 10.3. The number of nitrogens with zero attached hydrogens (tertiary/aromatic N) is 2. The molecule has 0 unspecified atom stereocenters. The van der Waals surface area contributed by atoms with E-state index in [0.29, 0.717) is 11.0 Å². The van der Waals surface area contributed by atoms with Gasteiger partial charge in [0.1, 0.15) is 0 Å². The number of ether oxygens (including phenoxy) is 1. The molecule has 1 aromatic carbocycles. The third-order valence-corrected chi connectivity index (χ3v) is 1.94. The molecule has 0 fully saturated rings. The van der Waals surface area contributed by atoms with Crippen molar-refractivity contribution < 1.29 is 4.74 Å². The van der Waals surface area contributed by atoms with Gasteiger partial charge in [-0.25, -0.2) is 9.97 Å². The maximum Gasteiger partial charge on any atom is 0.252 e. The third kappa shape index (κ3) is 1.42. The van der Waals surface area contributed by atoms with E-state index in [4.69, 9.17) is 16.3 Å². The van der Waals surface area contributed by atoms with Crippen molar-refractivity contribution in [1.29, 1.82) is 0 Å². The molecule has 0 N–H and O–H groups in total. The first-order chi connectivity index (χ1) is 6.31. The molecule has 0 amide bonds. The quantitative estimate of drug-likeness (QED) is 0.699. The van der Waals surface area contributed by atoms with Crippen molar-refractivity contribution in [2.24, 2.45) is 0 Å². The minimum Gasteiger partial charge on any atom is -0.479 e. The van der Waals surface area contributed by atoms with E-state index in [1.807, 2.05) is 24.3 Å². The summed E-state index contributed by atoms with van der Waals surface area (Å²) < 4.78 is 4.95. The molecule has 0 spiro atoms. The van der Waals surface area contributed by atoms with E-state index >= 15 is 0 Å². The Morgan fingerprint density at radius 3 is 2.38 bits per heavy atom. The highest BCUT2D eigenvalue weighted by molar-refractivity contribution is 6.30. The van der Waals surface area contributed by atoms with Crippen LogP contribution in [0.5, 0.6) is 5.88 Å². The molecule has 3 nitrogen and oxygen atoms in total. The first-order valence-electron chi connectivity index (χ1n) is 3.77. The lowest BCUT2D eigenvalue weighted by Gasteiger charge is -2.02. The SMILES string of the molecule is COc1nc2ccccc2nc1Cl. The van der Waals surface area contributed by atoms with Crippen LogP contribution < -0.4 is 4.74 Å². The minimum atomic E-state index is 0.293. The van der Waals surface area contributed by atoms with Crippen LogP contribution in [0.25, 0.3) is 11.0 Å². The monoisotopic (exact) mass is 194 g/mol. The molecule has 1 heterocycles. The van der Waals surface area contributed by atoms with E-state index in [1.165, 1.54) is 7.11 Å². The number of benzene rings is 1. The molecule has 0 aliphatic rings. The van der Waals surface area contributed by atoms with Gasteiger partial charge in [-0.1, -0.05) is 23.7 Å². The maximum absolute atomic E-state index is 5.80. The molecule has 66 valence electrons. The van der Waals surface area contributed by atoms with Gasteiger partial charge in [0.25, 0.3) is 5.88 Å². The van der Waals surface area contributed by atoms with Gasteiger partial charge in [0.15, 0.2) is 5.15 Å². The van der Waals surface area contributed by atoms with Crippen LogP contribution >= 0.6 is 11.6 Å². The Kier molecular flexibility index (Phi) is 2.02. The molecule has 13 heavy (non-hydrogen) atoms. The van der Waals surface area contributed by atoms with E-state index in [9.17, 15) is 0 Å². The lowest BCUT2D eigenvalue weighted by molar-refractivity contribution is 0.398. The number of halogens is 1. The highest BCUT2D eigenvalue weighted by Crippen LogP contribution is 2.22. The van der Waals surface area contributed by atoms with Crippen molar-refractivity contribution in [2.45, 2.75) is 0 Å². The molecule has 0 aliphatic carbocycles. The predicted octanol–water partition coefficient (Wildman–Crippen LogP) is 2.29. The van der Waals surface area contributed by atoms with Crippen molar-refractivity contribution in [3.8, 4) is 5.88 Å². The summed E-state index contributed by atoms with van der Waals surface area (Å²) in [5.74, 6) is 0.361. The number of methoxy groups -OCH3 is 1. The second-order valence-corrected chi connectivity index (χ2v) is 2.87. The van der Waals surface area contributed by atoms with Gasteiger partial charge in [0, 0.05) is 0 Å². The van der Waals surface area contributed by atoms with Gasteiger partial charge in [-0.15, -0.1) is 0 Å². The van der Waals surface area contributed by atoms with Crippen molar-refractivity contribution >= 4 is 22.6 Å². The molecule has 0 saturated heterocycles. The number of fused-ring (bicyclic) bond motifs is 1. The molecular formula is C9H7ClN2O. The highest BCUT2D eigenvalue weighted by Gasteiger charge is 2.05. The van der Waals surface area contributed by atoms with Crippen LogP contribution in [0.4, 0.5) is 0 Å². The molecule has 4 heteroatoms. The summed E-state index contributed by atoms with van der Waals surface area (Å²) in [6.07, 6.45) is 0. The average molecular weight is 195 g/mol. The Bertz CT molecular complexity index is 445. The van der Waals surface area contributed by atoms with Gasteiger partial charge in [0.05, 0.1) is 18.1 Å². The van der Waals surface area contributed by atoms with Crippen molar-refractivity contribution in [3.05, 3.63) is 29.4 Å². The fourth-order valence-electron chi connectivity index (χ4n) is 1.09. The average Bonchev–Trinajstić information content (AvgIpc) is 2.17. The van der Waals surface area contributed by atoms with Crippen LogP contribution in [-0.4, -0.2) is 17.1 Å². The Hall–Kier alpha value is -1.35. The topological polar surface area (TPSA) is 35.0 Å². The Morgan fingerprint density at radius 2 is 1.77 bits per heavy atom. The fraction of sp³-hybridized carbons (Fsp3) is 0.111. The standard InChI is InChI=1S/C9H7ClN2O/c1-13-9-8(10)11-6-4-2-3-5-7(6)12-9/h2-5H,1H3. The van der Waals surface area contributed by atoms with Crippen LogP contribution in [0.2, 0.25) is 5.15 Å². The van der Waals surface area contributed by atoms with E-state index in [-0.39, 0.29) is 0 Å². The Labute approximate surface area is 80.3 Å². The van der Waals surface area contributed by atoms with E-state index in [2.05, 4.69) is 9.97 Å². The number of hydrogen-bond acceptors (Lipinski definition) is 3. The molecule has 2 rings (SSSR count). The molecule has 0 bridgehead atoms. The van der Waals surface area contributed by atoms with Crippen molar-refractivity contribution in [1.82, 2.24) is 9.97 Å². The van der Waals surface area contributed by atoms with Gasteiger partial charge in [-0.2, -0.15) is 0 Å².